The lowest BCUT2D eigenvalue weighted by Crippen LogP contribution is -2.77. The van der Waals surface area contributed by atoms with Crippen LogP contribution in [-0.4, -0.2) is 18.1 Å². The van der Waals surface area contributed by atoms with Gasteiger partial charge in [0, 0.05) is 12.1 Å². The molecule has 176 valence electrons. The van der Waals surface area contributed by atoms with Crippen LogP contribution in [0.5, 0.6) is 0 Å². The first-order chi connectivity index (χ1) is 14.4. The van der Waals surface area contributed by atoms with Gasteiger partial charge in [-0.15, -0.1) is 0 Å². The molecule has 3 heteroatoms. The lowest BCUT2D eigenvalue weighted by Gasteiger charge is -2.73. The van der Waals surface area contributed by atoms with Crippen molar-refractivity contribution in [3.63, 3.8) is 0 Å². The molecule has 30 heavy (non-hydrogen) atoms. The molecule has 0 heterocycles. The molecule has 0 radical (unpaired) electrons. The van der Waals surface area contributed by atoms with Crippen LogP contribution in [0.4, 0.5) is 4.79 Å². The van der Waals surface area contributed by atoms with Crippen molar-refractivity contribution >= 4 is 6.03 Å². The van der Waals surface area contributed by atoms with Crippen LogP contribution in [0, 0.1) is 17.3 Å². The second-order valence-corrected chi connectivity index (χ2v) is 11.2. The normalized spacial score (nSPS) is 25.5. The zero-order chi connectivity index (χ0) is 21.9. The minimum Gasteiger partial charge on any atom is -0.338 e. The van der Waals surface area contributed by atoms with Gasteiger partial charge in [0.1, 0.15) is 0 Å². The van der Waals surface area contributed by atoms with E-state index in [4.69, 9.17) is 0 Å². The molecule has 3 saturated carbocycles. The summed E-state index contributed by atoms with van der Waals surface area (Å²) < 4.78 is 0. The molecule has 1 unspecified atom stereocenters. The Morgan fingerprint density at radius 1 is 0.733 bits per heavy atom. The molecule has 3 rings (SSSR count). The van der Waals surface area contributed by atoms with Crippen LogP contribution in [-0.2, 0) is 0 Å². The number of unbranched alkanes of at least 4 members (excludes halogenated alkanes) is 13. The van der Waals surface area contributed by atoms with Gasteiger partial charge in [0.15, 0.2) is 0 Å². The fraction of sp³-hybridized carbons (Fsp3) is 0.963. The summed E-state index contributed by atoms with van der Waals surface area (Å²) >= 11 is 0. The molecule has 0 aliphatic heterocycles. The van der Waals surface area contributed by atoms with Gasteiger partial charge in [-0.2, -0.15) is 0 Å². The maximum Gasteiger partial charge on any atom is 0.315 e. The Balaban J connectivity index is 1.32. The highest BCUT2D eigenvalue weighted by atomic mass is 16.2. The Morgan fingerprint density at radius 3 is 1.60 bits per heavy atom. The van der Waals surface area contributed by atoms with Gasteiger partial charge in [-0.1, -0.05) is 111 Å². The molecule has 0 aromatic heterocycles. The minimum absolute atomic E-state index is 0.0650. The maximum atomic E-state index is 12.2. The van der Waals surface area contributed by atoms with E-state index in [0.29, 0.717) is 5.41 Å². The van der Waals surface area contributed by atoms with Crippen LogP contribution in [0.1, 0.15) is 137 Å². The number of hydrogen-bond donors (Lipinski definition) is 2. The second-order valence-electron chi connectivity index (χ2n) is 11.2. The highest BCUT2D eigenvalue weighted by Crippen LogP contribution is 2.71. The predicted molar refractivity (Wildman–Crippen MR) is 130 cm³/mol. The quantitative estimate of drug-likeness (QED) is 0.217. The number of hydrogen-bond acceptors (Lipinski definition) is 1. The van der Waals surface area contributed by atoms with E-state index in [-0.39, 0.29) is 11.6 Å². The van der Waals surface area contributed by atoms with Gasteiger partial charge < -0.3 is 10.6 Å². The van der Waals surface area contributed by atoms with Crippen LogP contribution >= 0.6 is 0 Å². The first-order valence-electron chi connectivity index (χ1n) is 13.5. The Kier molecular flexibility index (Phi) is 11.0. The number of urea groups is 1. The van der Waals surface area contributed by atoms with Crippen molar-refractivity contribution < 1.29 is 4.79 Å². The lowest BCUT2D eigenvalue weighted by molar-refractivity contribution is -0.189. The zero-order valence-corrected chi connectivity index (χ0v) is 20.8. The van der Waals surface area contributed by atoms with Gasteiger partial charge in [0.05, 0.1) is 0 Å². The minimum atomic E-state index is 0.0650. The molecular formula is C27H52N2O. The van der Waals surface area contributed by atoms with Crippen molar-refractivity contribution in [1.29, 1.82) is 0 Å². The molecule has 2 amide bonds. The van der Waals surface area contributed by atoms with Gasteiger partial charge in [-0.25, -0.2) is 4.79 Å². The van der Waals surface area contributed by atoms with Crippen LogP contribution in [0.25, 0.3) is 0 Å². The molecule has 3 nitrogen and oxygen atoms in total. The average Bonchev–Trinajstić information content (AvgIpc) is 2.66. The monoisotopic (exact) mass is 420 g/mol. The Bertz CT molecular complexity index is 467. The summed E-state index contributed by atoms with van der Waals surface area (Å²) in [6.07, 6.45) is 22.8. The fourth-order valence-electron chi connectivity index (χ4n) is 6.00. The van der Waals surface area contributed by atoms with E-state index >= 15 is 0 Å². The van der Waals surface area contributed by atoms with Gasteiger partial charge in [0.2, 0.25) is 0 Å². The van der Waals surface area contributed by atoms with Gasteiger partial charge in [-0.3, -0.25) is 0 Å². The largest absolute Gasteiger partial charge is 0.338 e. The first-order valence-corrected chi connectivity index (χ1v) is 13.5. The molecule has 2 bridgehead atoms. The number of carbonyl (C=O) groups excluding carboxylic acids is 1. The molecule has 0 aromatic rings. The summed E-state index contributed by atoms with van der Waals surface area (Å²) in [4.78, 5) is 12.2. The van der Waals surface area contributed by atoms with Crippen molar-refractivity contribution in [2.75, 3.05) is 6.54 Å². The number of nitrogens with one attached hydrogen (secondary N) is 2. The second kappa shape index (κ2) is 13.0. The fourth-order valence-corrected chi connectivity index (χ4v) is 6.00. The van der Waals surface area contributed by atoms with E-state index in [2.05, 4.69) is 38.3 Å². The molecule has 3 fully saturated rings. The molecule has 2 N–H and O–H groups in total. The van der Waals surface area contributed by atoms with Gasteiger partial charge in [-0.05, 0) is 42.9 Å². The van der Waals surface area contributed by atoms with E-state index in [1.807, 2.05) is 0 Å². The summed E-state index contributed by atoms with van der Waals surface area (Å²) in [6, 6.07) is 0.0650. The third-order valence-electron chi connectivity index (χ3n) is 8.23. The van der Waals surface area contributed by atoms with E-state index < -0.39 is 0 Å². The van der Waals surface area contributed by atoms with E-state index in [1.54, 1.807) is 0 Å². The van der Waals surface area contributed by atoms with Crippen molar-refractivity contribution in [3.8, 4) is 0 Å². The SMILES string of the molecule is CCCCCCCCCCCCCCCCNC(=O)NC12CC(C(C)C(C)C)(C1)C2. The average molecular weight is 421 g/mol. The lowest BCUT2D eigenvalue weighted by atomic mass is 9.35. The molecule has 0 saturated heterocycles. The topological polar surface area (TPSA) is 41.1 Å². The zero-order valence-electron chi connectivity index (χ0n) is 20.8. The smallest absolute Gasteiger partial charge is 0.315 e. The standard InChI is InChI=1S/C27H52N2O/c1-5-6-7-8-9-10-11-12-13-14-15-16-17-18-19-28-25(30)29-27-20-26(21-27,22-27)24(4)23(2)3/h23-24H,5-22H2,1-4H3,(H2,28,29,30). The molecule has 3 aliphatic carbocycles. The number of amides is 2. The number of rotatable bonds is 18. The Morgan fingerprint density at radius 2 is 1.17 bits per heavy atom. The Hall–Kier alpha value is -0.730. The maximum absolute atomic E-state index is 12.2. The van der Waals surface area contributed by atoms with Crippen molar-refractivity contribution in [2.45, 2.75) is 142 Å². The molecule has 3 aliphatic rings. The summed E-state index contributed by atoms with van der Waals surface area (Å²) in [7, 11) is 0. The Labute approximate surface area is 187 Å². The summed E-state index contributed by atoms with van der Waals surface area (Å²) in [5, 5.41) is 6.37. The van der Waals surface area contributed by atoms with Crippen LogP contribution < -0.4 is 10.6 Å². The van der Waals surface area contributed by atoms with Crippen LogP contribution in [0.2, 0.25) is 0 Å². The van der Waals surface area contributed by atoms with Crippen molar-refractivity contribution in [1.82, 2.24) is 10.6 Å². The van der Waals surface area contributed by atoms with Crippen molar-refractivity contribution in [2.24, 2.45) is 17.3 Å². The first kappa shape index (κ1) is 25.5. The third-order valence-corrected chi connectivity index (χ3v) is 8.23. The van der Waals surface area contributed by atoms with Gasteiger partial charge in [0.25, 0.3) is 0 Å². The van der Waals surface area contributed by atoms with Crippen LogP contribution in [0.3, 0.4) is 0 Å². The summed E-state index contributed by atoms with van der Waals surface area (Å²) in [6.45, 7) is 10.2. The molecule has 1 atom stereocenters. The van der Waals surface area contributed by atoms with Gasteiger partial charge >= 0.3 is 6.03 Å². The van der Waals surface area contributed by atoms with Crippen LogP contribution in [0.15, 0.2) is 0 Å². The summed E-state index contributed by atoms with van der Waals surface area (Å²) in [5.74, 6) is 1.53. The molecule has 0 aromatic carbocycles. The van der Waals surface area contributed by atoms with E-state index in [9.17, 15) is 4.79 Å². The summed E-state index contributed by atoms with van der Waals surface area (Å²) in [5.41, 5.74) is 0.679. The predicted octanol–water partition coefficient (Wildman–Crippen LogP) is 7.98. The number of carbonyl (C=O) groups is 1. The molecule has 0 spiro atoms. The van der Waals surface area contributed by atoms with E-state index in [0.717, 1.165) is 24.8 Å². The van der Waals surface area contributed by atoms with E-state index in [1.165, 1.54) is 103 Å². The highest BCUT2D eigenvalue weighted by molar-refractivity contribution is 5.75. The highest BCUT2D eigenvalue weighted by Gasteiger charge is 2.70. The van der Waals surface area contributed by atoms with Crippen molar-refractivity contribution in [3.05, 3.63) is 0 Å². The molecular weight excluding hydrogens is 368 g/mol. The third kappa shape index (κ3) is 7.75.